The van der Waals surface area contributed by atoms with Crippen molar-refractivity contribution < 1.29 is 19.1 Å². The van der Waals surface area contributed by atoms with E-state index in [0.717, 1.165) is 24.2 Å². The SMILES string of the molecule is CCOC(=O)N1CCC(NC(=O)NCc2cccc(OC)c2)CC1. The number of carbonyl (C=O) groups excluding carboxylic acids is 2. The van der Waals surface area contributed by atoms with Gasteiger partial charge in [-0.15, -0.1) is 0 Å². The van der Waals surface area contributed by atoms with Gasteiger partial charge in [0.2, 0.25) is 0 Å². The van der Waals surface area contributed by atoms with E-state index in [9.17, 15) is 9.59 Å². The number of piperidine rings is 1. The molecule has 0 spiro atoms. The first-order valence-electron chi connectivity index (χ1n) is 8.21. The molecule has 0 saturated carbocycles. The standard InChI is InChI=1S/C17H25N3O4/c1-3-24-17(22)20-9-7-14(8-10-20)19-16(21)18-12-13-5-4-6-15(11-13)23-2/h4-6,11,14H,3,7-10,12H2,1-2H3,(H2,18,19,21). The molecule has 24 heavy (non-hydrogen) atoms. The van der Waals surface area contributed by atoms with Gasteiger partial charge in [-0.05, 0) is 37.5 Å². The van der Waals surface area contributed by atoms with Gasteiger partial charge in [-0.25, -0.2) is 9.59 Å². The summed E-state index contributed by atoms with van der Waals surface area (Å²) in [5.41, 5.74) is 0.974. The van der Waals surface area contributed by atoms with Gasteiger partial charge in [0.25, 0.3) is 0 Å². The van der Waals surface area contributed by atoms with Crippen molar-refractivity contribution in [1.29, 1.82) is 0 Å². The fraction of sp³-hybridized carbons (Fsp3) is 0.529. The maximum Gasteiger partial charge on any atom is 0.409 e. The Morgan fingerprint density at radius 2 is 2.04 bits per heavy atom. The quantitative estimate of drug-likeness (QED) is 0.864. The van der Waals surface area contributed by atoms with Crippen molar-refractivity contribution in [3.05, 3.63) is 29.8 Å². The normalized spacial score (nSPS) is 14.8. The van der Waals surface area contributed by atoms with Gasteiger partial charge in [-0.2, -0.15) is 0 Å². The molecule has 1 fully saturated rings. The fourth-order valence-electron chi connectivity index (χ4n) is 2.62. The van der Waals surface area contributed by atoms with E-state index in [1.165, 1.54) is 0 Å². The van der Waals surface area contributed by atoms with E-state index in [-0.39, 0.29) is 18.2 Å². The molecular formula is C17H25N3O4. The molecule has 1 saturated heterocycles. The molecular weight excluding hydrogens is 310 g/mol. The molecule has 1 aromatic rings. The predicted octanol–water partition coefficient (Wildman–Crippen LogP) is 2.12. The number of nitrogens with one attached hydrogen (secondary N) is 2. The Kier molecular flexibility index (Phi) is 6.72. The third kappa shape index (κ3) is 5.33. The van der Waals surface area contributed by atoms with Crippen molar-refractivity contribution in [1.82, 2.24) is 15.5 Å². The second-order valence-electron chi connectivity index (χ2n) is 5.64. The Bertz CT molecular complexity index is 557. The second-order valence-corrected chi connectivity index (χ2v) is 5.64. The Labute approximate surface area is 142 Å². The van der Waals surface area contributed by atoms with Crippen LogP contribution in [0.2, 0.25) is 0 Å². The zero-order valence-corrected chi connectivity index (χ0v) is 14.2. The number of nitrogens with zero attached hydrogens (tertiary/aromatic N) is 1. The van der Waals surface area contributed by atoms with Crippen LogP contribution in [0.25, 0.3) is 0 Å². The Hall–Kier alpha value is -2.44. The van der Waals surface area contributed by atoms with Gasteiger partial charge in [0, 0.05) is 25.7 Å². The number of benzene rings is 1. The van der Waals surface area contributed by atoms with Crippen LogP contribution >= 0.6 is 0 Å². The van der Waals surface area contributed by atoms with Gasteiger partial charge in [-0.3, -0.25) is 0 Å². The van der Waals surface area contributed by atoms with Crippen LogP contribution in [-0.2, 0) is 11.3 Å². The molecule has 7 nitrogen and oxygen atoms in total. The molecule has 0 bridgehead atoms. The minimum absolute atomic E-state index is 0.0704. The molecule has 0 radical (unpaired) electrons. The molecule has 132 valence electrons. The predicted molar refractivity (Wildman–Crippen MR) is 90.0 cm³/mol. The van der Waals surface area contributed by atoms with Crippen LogP contribution in [0.5, 0.6) is 5.75 Å². The van der Waals surface area contributed by atoms with Crippen LogP contribution in [0, 0.1) is 0 Å². The lowest BCUT2D eigenvalue weighted by Gasteiger charge is -2.31. The molecule has 7 heteroatoms. The van der Waals surface area contributed by atoms with E-state index < -0.39 is 0 Å². The summed E-state index contributed by atoms with van der Waals surface area (Å²) in [5.74, 6) is 0.765. The van der Waals surface area contributed by atoms with Crippen molar-refractivity contribution in [3.8, 4) is 5.75 Å². The van der Waals surface area contributed by atoms with E-state index >= 15 is 0 Å². The number of urea groups is 1. The van der Waals surface area contributed by atoms with Crippen LogP contribution in [0.1, 0.15) is 25.3 Å². The summed E-state index contributed by atoms with van der Waals surface area (Å²) >= 11 is 0. The summed E-state index contributed by atoms with van der Waals surface area (Å²) in [4.78, 5) is 25.3. The monoisotopic (exact) mass is 335 g/mol. The summed E-state index contributed by atoms with van der Waals surface area (Å²) in [6, 6.07) is 7.44. The topological polar surface area (TPSA) is 79.9 Å². The average Bonchev–Trinajstić information content (AvgIpc) is 2.61. The highest BCUT2D eigenvalue weighted by Gasteiger charge is 2.24. The summed E-state index contributed by atoms with van der Waals surface area (Å²) in [6.07, 6.45) is 1.18. The van der Waals surface area contributed by atoms with Gasteiger partial charge < -0.3 is 25.0 Å². The smallest absolute Gasteiger partial charge is 0.409 e. The van der Waals surface area contributed by atoms with Crippen molar-refractivity contribution in [2.45, 2.75) is 32.4 Å². The lowest BCUT2D eigenvalue weighted by atomic mass is 10.1. The maximum absolute atomic E-state index is 12.0. The number of carbonyl (C=O) groups is 2. The zero-order valence-electron chi connectivity index (χ0n) is 14.2. The van der Waals surface area contributed by atoms with Gasteiger partial charge in [0.1, 0.15) is 5.75 Å². The van der Waals surface area contributed by atoms with E-state index in [2.05, 4.69) is 10.6 Å². The first-order valence-corrected chi connectivity index (χ1v) is 8.21. The summed E-state index contributed by atoms with van der Waals surface area (Å²) in [5, 5.41) is 5.79. The molecule has 1 aromatic carbocycles. The third-order valence-corrected chi connectivity index (χ3v) is 3.94. The first kappa shape index (κ1) is 17.9. The van der Waals surface area contributed by atoms with Crippen molar-refractivity contribution in [2.75, 3.05) is 26.8 Å². The van der Waals surface area contributed by atoms with Crippen molar-refractivity contribution in [3.63, 3.8) is 0 Å². The molecule has 0 aliphatic carbocycles. The van der Waals surface area contributed by atoms with Gasteiger partial charge in [0.05, 0.1) is 13.7 Å². The number of ether oxygens (including phenoxy) is 2. The van der Waals surface area contributed by atoms with Gasteiger partial charge in [0.15, 0.2) is 0 Å². The summed E-state index contributed by atoms with van der Waals surface area (Å²) in [7, 11) is 1.61. The van der Waals surface area contributed by atoms with Crippen LogP contribution < -0.4 is 15.4 Å². The van der Waals surface area contributed by atoms with Gasteiger partial charge in [-0.1, -0.05) is 12.1 Å². The fourth-order valence-corrected chi connectivity index (χ4v) is 2.62. The molecule has 2 rings (SSSR count). The average molecular weight is 335 g/mol. The van der Waals surface area contributed by atoms with Gasteiger partial charge >= 0.3 is 12.1 Å². The molecule has 1 aliphatic heterocycles. The van der Waals surface area contributed by atoms with E-state index in [1.54, 1.807) is 18.9 Å². The molecule has 0 aromatic heterocycles. The van der Waals surface area contributed by atoms with Crippen LogP contribution in [0.15, 0.2) is 24.3 Å². The molecule has 1 aliphatic rings. The molecule has 0 atom stereocenters. The minimum atomic E-state index is -0.279. The second kappa shape index (κ2) is 9.00. The number of likely N-dealkylation sites (tertiary alicyclic amines) is 1. The largest absolute Gasteiger partial charge is 0.497 e. The van der Waals surface area contributed by atoms with Crippen LogP contribution in [0.4, 0.5) is 9.59 Å². The molecule has 0 unspecified atom stereocenters. The number of hydrogen-bond acceptors (Lipinski definition) is 4. The Balaban J connectivity index is 1.70. The number of rotatable bonds is 5. The maximum atomic E-state index is 12.0. The highest BCUT2D eigenvalue weighted by Crippen LogP contribution is 2.13. The number of amides is 3. The molecule has 2 N–H and O–H groups in total. The summed E-state index contributed by atoms with van der Waals surface area (Å²) in [6.45, 7) is 3.80. The van der Waals surface area contributed by atoms with E-state index in [0.29, 0.717) is 26.2 Å². The van der Waals surface area contributed by atoms with E-state index in [1.807, 2.05) is 24.3 Å². The number of methoxy groups -OCH3 is 1. The lowest BCUT2D eigenvalue weighted by Crippen LogP contribution is -2.49. The molecule has 1 heterocycles. The van der Waals surface area contributed by atoms with Crippen LogP contribution in [-0.4, -0.2) is 49.9 Å². The first-order chi connectivity index (χ1) is 11.6. The lowest BCUT2D eigenvalue weighted by molar-refractivity contribution is 0.0957. The highest BCUT2D eigenvalue weighted by atomic mass is 16.6. The number of hydrogen-bond donors (Lipinski definition) is 2. The van der Waals surface area contributed by atoms with Crippen molar-refractivity contribution in [2.24, 2.45) is 0 Å². The zero-order chi connectivity index (χ0) is 17.4. The Morgan fingerprint density at radius 3 is 2.71 bits per heavy atom. The Morgan fingerprint density at radius 1 is 1.29 bits per heavy atom. The highest BCUT2D eigenvalue weighted by molar-refractivity contribution is 5.74. The minimum Gasteiger partial charge on any atom is -0.497 e. The van der Waals surface area contributed by atoms with Crippen molar-refractivity contribution >= 4 is 12.1 Å². The third-order valence-electron chi connectivity index (χ3n) is 3.94. The van der Waals surface area contributed by atoms with E-state index in [4.69, 9.17) is 9.47 Å². The molecule has 3 amide bonds. The summed E-state index contributed by atoms with van der Waals surface area (Å²) < 4.78 is 10.1. The van der Waals surface area contributed by atoms with Crippen LogP contribution in [0.3, 0.4) is 0 Å².